The predicted molar refractivity (Wildman–Crippen MR) is 112 cm³/mol. The number of hydrogen-bond donors (Lipinski definition) is 0. The van der Waals surface area contributed by atoms with Crippen LogP contribution in [0.2, 0.25) is 0 Å². The van der Waals surface area contributed by atoms with Crippen molar-refractivity contribution < 1.29 is 9.47 Å². The molecule has 3 heteroatoms. The van der Waals surface area contributed by atoms with E-state index in [1.165, 1.54) is 0 Å². The molecule has 0 aliphatic heterocycles. The van der Waals surface area contributed by atoms with Gasteiger partial charge in [0.2, 0.25) is 0 Å². The summed E-state index contributed by atoms with van der Waals surface area (Å²) in [5.74, 6) is 3.07. The number of para-hydroxylation sites is 2. The maximum Gasteiger partial charge on any atom is 0.143 e. The highest BCUT2D eigenvalue weighted by atomic mass is 16.5. The second-order valence-corrected chi connectivity index (χ2v) is 6.61. The Morgan fingerprint density at radius 3 is 1.96 bits per heavy atom. The van der Waals surface area contributed by atoms with Gasteiger partial charge in [0.15, 0.2) is 0 Å². The Hall–Kier alpha value is -3.59. The van der Waals surface area contributed by atoms with Crippen molar-refractivity contribution in [2.45, 2.75) is 13.8 Å². The van der Waals surface area contributed by atoms with Gasteiger partial charge in [0.1, 0.15) is 23.0 Å². The van der Waals surface area contributed by atoms with Crippen LogP contribution in [0, 0.1) is 13.8 Å². The summed E-state index contributed by atoms with van der Waals surface area (Å²) in [6.07, 6.45) is 1.82. The average molecular weight is 367 g/mol. The Balaban J connectivity index is 1.80. The molecule has 3 nitrogen and oxygen atoms in total. The Morgan fingerprint density at radius 1 is 0.679 bits per heavy atom. The van der Waals surface area contributed by atoms with Crippen LogP contribution in [0.15, 0.2) is 91.1 Å². The van der Waals surface area contributed by atoms with Crippen molar-refractivity contribution in [3.05, 3.63) is 102 Å². The molecule has 0 aliphatic carbocycles. The quantitative estimate of drug-likeness (QED) is 0.382. The van der Waals surface area contributed by atoms with Crippen molar-refractivity contribution in [1.29, 1.82) is 0 Å². The van der Waals surface area contributed by atoms with Crippen molar-refractivity contribution in [2.75, 3.05) is 0 Å². The van der Waals surface area contributed by atoms with E-state index in [1.807, 2.05) is 92.0 Å². The van der Waals surface area contributed by atoms with Crippen molar-refractivity contribution in [3.8, 4) is 34.3 Å². The molecule has 0 spiro atoms. The molecule has 0 saturated heterocycles. The third-order valence-corrected chi connectivity index (χ3v) is 4.48. The Kier molecular flexibility index (Phi) is 5.07. The molecule has 0 fully saturated rings. The topological polar surface area (TPSA) is 31.4 Å². The van der Waals surface area contributed by atoms with E-state index in [-0.39, 0.29) is 0 Å². The van der Waals surface area contributed by atoms with Gasteiger partial charge in [-0.05, 0) is 67.9 Å². The van der Waals surface area contributed by atoms with Crippen LogP contribution in [0.4, 0.5) is 0 Å². The van der Waals surface area contributed by atoms with E-state index >= 15 is 0 Å². The molecule has 4 rings (SSSR count). The number of nitrogens with zero attached hydrogens (tertiary/aromatic N) is 1. The maximum absolute atomic E-state index is 6.29. The van der Waals surface area contributed by atoms with E-state index in [0.29, 0.717) is 0 Å². The van der Waals surface area contributed by atoms with Crippen LogP contribution < -0.4 is 9.47 Å². The van der Waals surface area contributed by atoms with Gasteiger partial charge in [0.25, 0.3) is 0 Å². The standard InChI is InChI=1S/C25H21NO2/c1-18-15-16-26-23(17-18)22-13-14-24(27-20-9-5-3-6-10-20)19(2)25(22)28-21-11-7-4-8-12-21/h3-17H,1-2H3. The van der Waals surface area contributed by atoms with Crippen LogP contribution >= 0.6 is 0 Å². The van der Waals surface area contributed by atoms with Crippen LogP contribution in [-0.4, -0.2) is 4.98 Å². The molecule has 28 heavy (non-hydrogen) atoms. The number of benzene rings is 3. The van der Waals surface area contributed by atoms with Gasteiger partial charge in [-0.15, -0.1) is 0 Å². The smallest absolute Gasteiger partial charge is 0.143 e. The van der Waals surface area contributed by atoms with E-state index in [2.05, 4.69) is 18.0 Å². The minimum atomic E-state index is 0.748. The molecule has 4 aromatic rings. The lowest BCUT2D eigenvalue weighted by Crippen LogP contribution is -1.96. The van der Waals surface area contributed by atoms with Crippen molar-refractivity contribution in [3.63, 3.8) is 0 Å². The van der Waals surface area contributed by atoms with E-state index < -0.39 is 0 Å². The Morgan fingerprint density at radius 2 is 1.32 bits per heavy atom. The number of ether oxygens (including phenoxy) is 2. The molecule has 138 valence electrons. The zero-order valence-corrected chi connectivity index (χ0v) is 15.9. The van der Waals surface area contributed by atoms with E-state index in [0.717, 1.165) is 45.4 Å². The van der Waals surface area contributed by atoms with Gasteiger partial charge < -0.3 is 9.47 Å². The van der Waals surface area contributed by atoms with Crippen LogP contribution in [0.25, 0.3) is 11.3 Å². The average Bonchev–Trinajstić information content (AvgIpc) is 2.73. The predicted octanol–water partition coefficient (Wildman–Crippen LogP) is 6.95. The van der Waals surface area contributed by atoms with E-state index in [9.17, 15) is 0 Å². The third kappa shape index (κ3) is 3.89. The lowest BCUT2D eigenvalue weighted by atomic mass is 10.0. The van der Waals surface area contributed by atoms with Crippen LogP contribution in [0.3, 0.4) is 0 Å². The zero-order chi connectivity index (χ0) is 19.3. The molecule has 0 unspecified atom stereocenters. The molecule has 0 N–H and O–H groups in total. The zero-order valence-electron chi connectivity index (χ0n) is 15.9. The second-order valence-electron chi connectivity index (χ2n) is 6.61. The minimum Gasteiger partial charge on any atom is -0.457 e. The summed E-state index contributed by atoms with van der Waals surface area (Å²) in [5, 5.41) is 0. The minimum absolute atomic E-state index is 0.748. The first kappa shape index (κ1) is 17.8. The third-order valence-electron chi connectivity index (χ3n) is 4.48. The molecule has 3 aromatic carbocycles. The van der Waals surface area contributed by atoms with Gasteiger partial charge in [0, 0.05) is 17.3 Å². The fraction of sp³-hybridized carbons (Fsp3) is 0.0800. The number of aromatic nitrogens is 1. The van der Waals surface area contributed by atoms with Gasteiger partial charge in [-0.3, -0.25) is 4.98 Å². The van der Waals surface area contributed by atoms with E-state index in [4.69, 9.17) is 9.47 Å². The molecule has 0 bridgehead atoms. The lowest BCUT2D eigenvalue weighted by molar-refractivity contribution is 0.455. The molecule has 1 aromatic heterocycles. The number of aryl methyl sites for hydroxylation is 1. The molecule has 0 atom stereocenters. The summed E-state index contributed by atoms with van der Waals surface area (Å²) in [6, 6.07) is 27.5. The number of pyridine rings is 1. The van der Waals surface area contributed by atoms with Crippen LogP contribution in [0.1, 0.15) is 11.1 Å². The van der Waals surface area contributed by atoms with Gasteiger partial charge in [0.05, 0.1) is 5.69 Å². The summed E-state index contributed by atoms with van der Waals surface area (Å²) < 4.78 is 12.4. The highest BCUT2D eigenvalue weighted by Gasteiger charge is 2.16. The fourth-order valence-electron chi connectivity index (χ4n) is 3.02. The molecule has 0 aliphatic rings. The van der Waals surface area contributed by atoms with Gasteiger partial charge in [-0.25, -0.2) is 0 Å². The highest BCUT2D eigenvalue weighted by Crippen LogP contribution is 2.41. The summed E-state index contributed by atoms with van der Waals surface area (Å²) in [7, 11) is 0. The molecular weight excluding hydrogens is 346 g/mol. The monoisotopic (exact) mass is 367 g/mol. The highest BCUT2D eigenvalue weighted by molar-refractivity contribution is 5.72. The Bertz CT molecular complexity index is 1080. The number of hydrogen-bond acceptors (Lipinski definition) is 3. The normalized spacial score (nSPS) is 10.5. The summed E-state index contributed by atoms with van der Waals surface area (Å²) >= 11 is 0. The first-order chi connectivity index (χ1) is 13.7. The van der Waals surface area contributed by atoms with Crippen molar-refractivity contribution in [2.24, 2.45) is 0 Å². The first-order valence-corrected chi connectivity index (χ1v) is 9.23. The molecule has 0 radical (unpaired) electrons. The van der Waals surface area contributed by atoms with Crippen LogP contribution in [0.5, 0.6) is 23.0 Å². The summed E-state index contributed by atoms with van der Waals surface area (Å²) in [5.41, 5.74) is 3.89. The summed E-state index contributed by atoms with van der Waals surface area (Å²) in [6.45, 7) is 4.07. The lowest BCUT2D eigenvalue weighted by Gasteiger charge is -2.17. The SMILES string of the molecule is Cc1ccnc(-c2ccc(Oc3ccccc3)c(C)c2Oc2ccccc2)c1. The Labute approximate surface area is 165 Å². The molecule has 1 heterocycles. The molecular formula is C25H21NO2. The maximum atomic E-state index is 6.29. The summed E-state index contributed by atoms with van der Waals surface area (Å²) in [4.78, 5) is 4.55. The van der Waals surface area contributed by atoms with Gasteiger partial charge in [-0.2, -0.15) is 0 Å². The van der Waals surface area contributed by atoms with Crippen LogP contribution in [-0.2, 0) is 0 Å². The van der Waals surface area contributed by atoms with Crippen molar-refractivity contribution >= 4 is 0 Å². The van der Waals surface area contributed by atoms with Crippen molar-refractivity contribution in [1.82, 2.24) is 4.98 Å². The molecule has 0 saturated carbocycles. The fourth-order valence-corrected chi connectivity index (χ4v) is 3.02. The largest absolute Gasteiger partial charge is 0.457 e. The molecule has 0 amide bonds. The number of rotatable bonds is 5. The van der Waals surface area contributed by atoms with E-state index in [1.54, 1.807) is 0 Å². The van der Waals surface area contributed by atoms with Gasteiger partial charge >= 0.3 is 0 Å². The second kappa shape index (κ2) is 7.97. The first-order valence-electron chi connectivity index (χ1n) is 9.23. The van der Waals surface area contributed by atoms with Gasteiger partial charge in [-0.1, -0.05) is 36.4 Å².